The van der Waals surface area contributed by atoms with Gasteiger partial charge in [0.2, 0.25) is 0 Å². The highest BCUT2D eigenvalue weighted by Crippen LogP contribution is 1.30. The standard InChI is InChI=1S/C3H10N2/c1-4-3-5-2/h4-5H,3H2,1-2H3/i/hD2. The lowest BCUT2D eigenvalue weighted by Crippen LogP contribution is -2.21. The zero-order chi connectivity index (χ0) is 5.86. The lowest BCUT2D eigenvalue weighted by atomic mass is 11.0. The highest BCUT2D eigenvalue weighted by atomic mass is 15.0. The number of hydrogen-bond acceptors (Lipinski definition) is 2. The summed E-state index contributed by atoms with van der Waals surface area (Å²) in [5.41, 5.74) is 0. The van der Waals surface area contributed by atoms with E-state index in [1.165, 1.54) is 10.6 Å². The van der Waals surface area contributed by atoms with E-state index in [9.17, 15) is 0 Å². The van der Waals surface area contributed by atoms with Gasteiger partial charge in [-0.15, -0.1) is 0 Å². The molecule has 0 aromatic rings. The number of hydrogen-bond donors (Lipinski definition) is 2. The molecule has 0 aromatic heterocycles. The average Bonchev–Trinajstić information content (AvgIpc) is 1.27. The fourth-order valence-corrected chi connectivity index (χ4v) is 0.141. The molecular weight excluding hydrogens is 64.0 g/mol. The molecule has 2 heteroatoms. The molecule has 5 heavy (non-hydrogen) atoms. The molecule has 0 aliphatic rings. The summed E-state index contributed by atoms with van der Waals surface area (Å²) in [6, 6.07) is 0. The fourth-order valence-electron chi connectivity index (χ4n) is 0.141. The van der Waals surface area contributed by atoms with Crippen LogP contribution < -0.4 is 10.6 Å². The zero-order valence-electron chi connectivity index (χ0n) is 5.60. The Balaban J connectivity index is 2.95. The van der Waals surface area contributed by atoms with Gasteiger partial charge in [-0.3, -0.25) is 0 Å². The lowest BCUT2D eigenvalue weighted by Gasteiger charge is -1.88. The van der Waals surface area contributed by atoms with Gasteiger partial charge in [0, 0.05) is 6.67 Å². The van der Waals surface area contributed by atoms with Crippen molar-refractivity contribution in [3.8, 4) is 0 Å². The Morgan fingerprint density at radius 2 is 2.00 bits per heavy atom. The molecule has 0 heterocycles. The van der Waals surface area contributed by atoms with E-state index in [1.54, 1.807) is 14.1 Å². The summed E-state index contributed by atoms with van der Waals surface area (Å²) in [7, 11) is 3.20. The van der Waals surface area contributed by atoms with Crippen molar-refractivity contribution in [3.63, 3.8) is 0 Å². The molecule has 0 rings (SSSR count). The predicted octanol–water partition coefficient (Wildman–Crippen LogP) is -0.617. The third kappa shape index (κ3) is 3.92. The van der Waals surface area contributed by atoms with E-state index >= 15 is 0 Å². The van der Waals surface area contributed by atoms with Crippen molar-refractivity contribution in [1.29, 1.82) is 0 Å². The minimum Gasteiger partial charge on any atom is -0.308 e. The van der Waals surface area contributed by atoms with Gasteiger partial charge in [-0.2, -0.15) is 0 Å². The maximum absolute atomic E-state index is 6.78. The van der Waals surface area contributed by atoms with Crippen LogP contribution in [-0.4, -0.2) is 20.8 Å². The minimum atomic E-state index is 0.361. The van der Waals surface area contributed by atoms with Crippen molar-refractivity contribution in [3.05, 3.63) is 0 Å². The molecule has 0 atom stereocenters. The Morgan fingerprint density at radius 1 is 1.60 bits per heavy atom. The Morgan fingerprint density at radius 3 is 2.00 bits per heavy atom. The van der Waals surface area contributed by atoms with Crippen molar-refractivity contribution in [2.45, 2.75) is 0 Å². The van der Waals surface area contributed by atoms with Crippen molar-refractivity contribution >= 4 is 0 Å². The molecule has 0 radical (unpaired) electrons. The first-order chi connectivity index (χ1) is 3.13. The van der Waals surface area contributed by atoms with Crippen LogP contribution in [0, 0.1) is 0 Å². The second-order valence-corrected chi connectivity index (χ2v) is 0.774. The second kappa shape index (κ2) is 3.92. The molecule has 0 spiro atoms. The third-order valence-corrected chi connectivity index (χ3v) is 0.283. The average molecular weight is 76.1 g/mol. The summed E-state index contributed by atoms with van der Waals surface area (Å²) in [6.45, 7) is 0.361. The van der Waals surface area contributed by atoms with Crippen LogP contribution in [0.1, 0.15) is 0 Å². The van der Waals surface area contributed by atoms with Crippen LogP contribution in [0.25, 0.3) is 0 Å². The van der Waals surface area contributed by atoms with Gasteiger partial charge >= 0.3 is 0 Å². The Hall–Kier alpha value is -0.0800. The quantitative estimate of drug-likeness (QED) is 0.428. The summed E-state index contributed by atoms with van der Waals surface area (Å²) in [4.78, 5) is 0. The predicted molar refractivity (Wildman–Crippen MR) is 23.0 cm³/mol. The zero-order valence-corrected chi connectivity index (χ0v) is 3.60. The molecule has 0 aromatic carbocycles. The smallest absolute Gasteiger partial charge is 0.123 e. The van der Waals surface area contributed by atoms with Gasteiger partial charge < -0.3 is 10.6 Å². The molecule has 0 aliphatic heterocycles. The van der Waals surface area contributed by atoms with Crippen molar-refractivity contribution in [2.24, 2.45) is 0 Å². The largest absolute Gasteiger partial charge is 0.308 e. The third-order valence-electron chi connectivity index (χ3n) is 0.283. The van der Waals surface area contributed by atoms with Gasteiger partial charge in [-0.25, -0.2) is 0 Å². The fraction of sp³-hybridized carbons (Fsp3) is 1.00. The Labute approximate surface area is 35.5 Å². The van der Waals surface area contributed by atoms with E-state index in [0.29, 0.717) is 6.67 Å². The molecule has 0 saturated heterocycles. The number of rotatable bonds is 2. The Bertz CT molecular complexity index is 40.2. The summed E-state index contributed by atoms with van der Waals surface area (Å²) in [5, 5.41) is 2.38. The van der Waals surface area contributed by atoms with Gasteiger partial charge in [-0.05, 0) is 14.1 Å². The molecule has 0 aliphatic carbocycles. The first-order valence-corrected chi connectivity index (χ1v) is 1.53. The first-order valence-electron chi connectivity index (χ1n) is 2.42. The molecule has 0 saturated carbocycles. The minimum absolute atomic E-state index is 0.361. The van der Waals surface area contributed by atoms with Crippen LogP contribution in [-0.2, 0) is 0 Å². The van der Waals surface area contributed by atoms with Gasteiger partial charge in [0.05, 0.1) is 0 Å². The van der Waals surface area contributed by atoms with Crippen LogP contribution in [0.5, 0.6) is 0 Å². The topological polar surface area (TPSA) is 24.1 Å². The Kier molecular flexibility index (Phi) is 1.69. The highest BCUT2D eigenvalue weighted by molar-refractivity contribution is 4.22. The van der Waals surface area contributed by atoms with Crippen LogP contribution in [0.15, 0.2) is 0 Å². The summed E-state index contributed by atoms with van der Waals surface area (Å²) < 4.78 is 13.6. The van der Waals surface area contributed by atoms with E-state index < -0.39 is 0 Å². The number of nitrogens with one attached hydrogen (secondary N) is 2. The maximum atomic E-state index is 6.78. The molecule has 0 bridgehead atoms. The molecule has 0 unspecified atom stereocenters. The normalized spacial score (nSPS) is 16.0. The van der Waals surface area contributed by atoms with Crippen molar-refractivity contribution < 1.29 is 2.82 Å². The molecule has 32 valence electrons. The van der Waals surface area contributed by atoms with Crippen molar-refractivity contribution in [1.82, 2.24) is 10.6 Å². The van der Waals surface area contributed by atoms with E-state index in [1.807, 2.05) is 0 Å². The van der Waals surface area contributed by atoms with Crippen LogP contribution in [0.4, 0.5) is 0 Å². The summed E-state index contributed by atoms with van der Waals surface area (Å²) >= 11 is 0. The van der Waals surface area contributed by atoms with Gasteiger partial charge in [0.15, 0.2) is 0 Å². The molecule has 2 N–H and O–H groups in total. The van der Waals surface area contributed by atoms with E-state index in [4.69, 9.17) is 2.82 Å². The monoisotopic (exact) mass is 76.1 g/mol. The first kappa shape index (κ1) is 2.16. The van der Waals surface area contributed by atoms with E-state index in [-0.39, 0.29) is 0 Å². The molecule has 2 nitrogen and oxygen atoms in total. The maximum Gasteiger partial charge on any atom is 0.123 e. The summed E-state index contributed by atoms with van der Waals surface area (Å²) in [5.74, 6) is 0. The van der Waals surface area contributed by atoms with Crippen LogP contribution in [0.2, 0.25) is 2.82 Å². The van der Waals surface area contributed by atoms with Crippen molar-refractivity contribution in [2.75, 3.05) is 20.8 Å². The lowest BCUT2D eigenvalue weighted by molar-refractivity contribution is 0.708. The molecular formula is C3H10N2. The van der Waals surface area contributed by atoms with Gasteiger partial charge in [0.25, 0.3) is 0 Å². The van der Waals surface area contributed by atoms with Crippen LogP contribution in [0.3, 0.4) is 0 Å². The van der Waals surface area contributed by atoms with E-state index in [2.05, 4.69) is 0 Å². The SMILES string of the molecule is [2H]N(C)CN([2H])C. The van der Waals surface area contributed by atoms with Gasteiger partial charge in [-0.1, -0.05) is 0 Å². The molecule has 0 amide bonds. The summed E-state index contributed by atoms with van der Waals surface area (Å²) in [6.07, 6.45) is 0. The second-order valence-electron chi connectivity index (χ2n) is 0.774. The molecule has 0 fully saturated rings. The van der Waals surface area contributed by atoms with Crippen LogP contribution >= 0.6 is 0 Å². The van der Waals surface area contributed by atoms with E-state index in [0.717, 1.165) is 0 Å². The highest BCUT2D eigenvalue weighted by Gasteiger charge is 1.60. The van der Waals surface area contributed by atoms with Gasteiger partial charge in [0.1, 0.15) is 2.82 Å².